The monoisotopic (exact) mass is 422 g/mol. The molecule has 0 aromatic heterocycles. The fourth-order valence-corrected chi connectivity index (χ4v) is 0. The number of rotatable bonds is 0. The fraction of sp³-hybridized carbons (Fsp3) is 0. The fourth-order valence-electron chi connectivity index (χ4n) is 0. The minimum Gasteiger partial charge on any atom is -0.512 e. The average molecular weight is 422 g/mol. The Bertz CT molecular complexity index is 118. The first-order chi connectivity index (χ1) is 6.00. The van der Waals surface area contributed by atoms with Crippen LogP contribution in [0.25, 0.3) is 0 Å². The zero-order valence-electron chi connectivity index (χ0n) is 11.5. The van der Waals surface area contributed by atoms with Gasteiger partial charge < -0.3 is 87.4 Å². The van der Waals surface area contributed by atoms with Gasteiger partial charge in [0.2, 0.25) is 0 Å². The van der Waals surface area contributed by atoms with Crippen molar-refractivity contribution in [3.63, 3.8) is 0 Å². The van der Waals surface area contributed by atoms with Crippen molar-refractivity contribution in [2.75, 3.05) is 0 Å². The molecule has 0 fully saturated rings. The van der Waals surface area contributed by atoms with Crippen molar-refractivity contribution in [1.29, 1.82) is 31.6 Å². The van der Waals surface area contributed by atoms with Gasteiger partial charge in [-0.3, -0.25) is 0 Å². The molecule has 9 nitrogen and oxygen atoms in total. The van der Waals surface area contributed by atoms with Crippen LogP contribution < -0.4 is 0 Å². The van der Waals surface area contributed by atoms with Gasteiger partial charge >= 0.3 is 17.1 Å². The van der Waals surface area contributed by atoms with Crippen LogP contribution in [-0.4, -0.2) is 222 Å². The maximum Gasteiger partial charge on any atom is 6.00 e. The predicted octanol–water partition coefficient (Wildman–Crippen LogP) is -3.42. The molecule has 0 saturated carbocycles. The van der Waals surface area contributed by atoms with Crippen molar-refractivity contribution in [2.45, 2.75) is 0 Å². The van der Waals surface area contributed by atoms with Crippen LogP contribution in [0.15, 0.2) is 0 Å². The van der Waals surface area contributed by atoms with Gasteiger partial charge in [-0.15, -0.1) is 0 Å². The van der Waals surface area contributed by atoms with Gasteiger partial charge in [-0.1, -0.05) is 0 Å². The van der Waals surface area contributed by atoms with Gasteiger partial charge in [0.15, 0.2) is 0 Å². The van der Waals surface area contributed by atoms with Gasteiger partial charge in [0.1, 0.15) is 0 Å². The molecule has 6 N–H and O–H groups in total. The smallest absolute Gasteiger partial charge is 0.512 e. The second-order valence-electron chi connectivity index (χ2n) is 0. The maximum atomic E-state index is 6.25. The van der Waals surface area contributed by atoms with E-state index in [1.54, 1.807) is 0 Å². The van der Waals surface area contributed by atoms with Gasteiger partial charge in [0.25, 0.3) is 0 Å². The Labute approximate surface area is 301 Å². The Kier molecular flexibility index (Phi) is 4650. The van der Waals surface area contributed by atoms with Crippen molar-refractivity contribution in [3.05, 3.63) is 39.4 Å². The first-order valence-electron chi connectivity index (χ1n) is 1.34. The third-order valence-corrected chi connectivity index (χ3v) is 0. The van der Waals surface area contributed by atoms with E-state index in [1.807, 2.05) is 0 Å². The molecule has 0 aliphatic heterocycles. The van der Waals surface area contributed by atoms with Crippen LogP contribution >= 0.6 is 0 Å². The average Bonchev–Trinajstić information content (AvgIpc) is 2.33. The van der Waals surface area contributed by atoms with E-state index in [4.69, 9.17) is 71.0 Å². The molecule has 4 radical (unpaired) electrons. The van der Waals surface area contributed by atoms with E-state index in [-0.39, 0.29) is 239 Å². The third-order valence-electron chi connectivity index (χ3n) is 0. The Balaban J connectivity index is -0.00000000167. The molecule has 14 heteroatoms. The maximum absolute atomic E-state index is 6.25. The van der Waals surface area contributed by atoms with E-state index in [2.05, 4.69) is 0 Å². The third kappa shape index (κ3) is 632. The summed E-state index contributed by atoms with van der Waals surface area (Å²) < 4.78 is 0. The van der Waals surface area contributed by atoms with E-state index in [0.29, 0.717) is 0 Å². The summed E-state index contributed by atoms with van der Waals surface area (Å²) in [6, 6.07) is 0. The zero-order chi connectivity index (χ0) is 12.0. The summed E-state index contributed by atoms with van der Waals surface area (Å²) in [5.74, 6) is 0. The number of hydrogen-bond acceptors (Lipinski definition) is 6. The van der Waals surface area contributed by atoms with E-state index in [9.17, 15) is 0 Å². The van der Waals surface area contributed by atoms with Crippen LogP contribution in [0.3, 0.4) is 0 Å². The second-order valence-corrected chi connectivity index (χ2v) is 0. The summed E-state index contributed by atoms with van der Waals surface area (Å²) in [5, 5.41) is 37.5. The molecule has 0 rings (SSSR count). The summed E-state index contributed by atoms with van der Waals surface area (Å²) in [6.45, 7) is 28.5. The summed E-state index contributed by atoms with van der Waals surface area (Å²) in [6.07, 6.45) is 0. The molecule has 0 saturated heterocycles. The zero-order valence-corrected chi connectivity index (χ0v) is 25.1. The number of hydrogen-bond donors (Lipinski definition) is 0. The van der Waals surface area contributed by atoms with Gasteiger partial charge in [-0.25, -0.2) is 0 Å². The van der Waals surface area contributed by atoms with E-state index in [0.717, 1.165) is 0 Å². The normalized spacial score (nSPS) is 0.600. The standard InChI is InChI=1S/6CN.Fe.4K.3H2O/c6*1-2;;;;;;;;/h;;;;;;;;;;;3*1H2/q6*-1;+6;;;;;;;. The van der Waals surface area contributed by atoms with Crippen molar-refractivity contribution in [2.24, 2.45) is 0 Å². The topological polar surface area (TPSA) is 237 Å². The molecule has 0 aromatic rings. The van der Waals surface area contributed by atoms with Crippen LogP contribution in [0, 0.1) is 71.0 Å². The molecule has 0 amide bonds. The molecular weight excluding hydrogens is 416 g/mol. The van der Waals surface area contributed by atoms with Gasteiger partial charge in [0.05, 0.1) is 0 Å². The quantitative estimate of drug-likeness (QED) is 0.284. The Morgan fingerprint density at radius 2 is 0.300 bits per heavy atom. The van der Waals surface area contributed by atoms with Crippen molar-refractivity contribution in [1.82, 2.24) is 0 Å². The molecule has 0 unspecified atom stereocenters. The Hall–Kier alpha value is 3.88. The van der Waals surface area contributed by atoms with Crippen molar-refractivity contribution >= 4 is 206 Å². The van der Waals surface area contributed by atoms with E-state index < -0.39 is 0 Å². The molecule has 0 aromatic carbocycles. The van der Waals surface area contributed by atoms with Crippen LogP contribution in [0.1, 0.15) is 0 Å². The molecular formula is C6H6FeK4N6O3. The minimum absolute atomic E-state index is 0. The van der Waals surface area contributed by atoms with Gasteiger partial charge in [0, 0.05) is 206 Å². The first kappa shape index (κ1) is 128. The summed E-state index contributed by atoms with van der Waals surface area (Å²) in [7, 11) is 0. The molecule has 20 heavy (non-hydrogen) atoms. The van der Waals surface area contributed by atoms with Crippen LogP contribution in [0.2, 0.25) is 0 Å². The number of nitrogens with zero attached hydrogens (tertiary/aromatic N) is 6. The summed E-state index contributed by atoms with van der Waals surface area (Å²) in [4.78, 5) is 0. The Morgan fingerprint density at radius 3 is 0.300 bits per heavy atom. The van der Waals surface area contributed by atoms with Gasteiger partial charge in [-0.05, 0) is 0 Å². The molecule has 0 heterocycles. The van der Waals surface area contributed by atoms with E-state index >= 15 is 0 Å². The molecule has 0 spiro atoms. The van der Waals surface area contributed by atoms with Crippen molar-refractivity contribution in [3.8, 4) is 0 Å². The van der Waals surface area contributed by atoms with Crippen LogP contribution in [0.4, 0.5) is 0 Å². The van der Waals surface area contributed by atoms with Crippen LogP contribution in [-0.2, 0) is 17.1 Å². The van der Waals surface area contributed by atoms with Crippen molar-refractivity contribution < 1.29 is 33.5 Å². The molecule has 0 atom stereocenters. The Morgan fingerprint density at radius 1 is 0.300 bits per heavy atom. The second kappa shape index (κ2) is 726. The van der Waals surface area contributed by atoms with Crippen LogP contribution in [0.5, 0.6) is 0 Å². The molecule has 0 aliphatic rings. The minimum atomic E-state index is 0. The van der Waals surface area contributed by atoms with Gasteiger partial charge in [-0.2, -0.15) is 0 Å². The molecule has 0 bridgehead atoms. The first-order valence-corrected chi connectivity index (χ1v) is 1.34. The van der Waals surface area contributed by atoms with E-state index in [1.165, 1.54) is 0 Å². The molecule has 0 aliphatic carbocycles. The molecule has 90 valence electrons. The summed E-state index contributed by atoms with van der Waals surface area (Å²) in [5.41, 5.74) is 0. The summed E-state index contributed by atoms with van der Waals surface area (Å²) >= 11 is 0. The largest absolute Gasteiger partial charge is 6.00 e. The SMILES string of the molecule is O.O.O.[C-]#N.[C-]#N.[C-]#N.[C-]#N.[C-]#N.[C-]#N.[Fe+6].[K].[K].[K].[K]. The predicted molar refractivity (Wildman–Crippen MR) is 63.7 cm³/mol.